The van der Waals surface area contributed by atoms with Crippen LogP contribution in [0.4, 0.5) is 0 Å². The maximum atomic E-state index is 11.5. The van der Waals surface area contributed by atoms with Crippen LogP contribution in [0, 0.1) is 0 Å². The Hall–Kier alpha value is -2.63. The maximum Gasteiger partial charge on any atom is 0.341 e. The van der Waals surface area contributed by atoms with Crippen LogP contribution in [0.5, 0.6) is 0 Å². The first-order valence-corrected chi connectivity index (χ1v) is 5.17. The van der Waals surface area contributed by atoms with Gasteiger partial charge in [-0.25, -0.2) is 9.48 Å². The lowest BCUT2D eigenvalue weighted by molar-refractivity contribution is 0.0600. The first kappa shape index (κ1) is 11.8. The molecule has 0 spiro atoms. The summed E-state index contributed by atoms with van der Waals surface area (Å²) in [7, 11) is 1.28. The number of aromatic nitrogens is 2. The van der Waals surface area contributed by atoms with Gasteiger partial charge in [0.25, 0.3) is 0 Å². The van der Waals surface area contributed by atoms with Gasteiger partial charge in [-0.15, -0.1) is 0 Å². The lowest BCUT2D eigenvalue weighted by Gasteiger charge is -2.04. The summed E-state index contributed by atoms with van der Waals surface area (Å²) in [6.45, 7) is 0. The molecule has 18 heavy (non-hydrogen) atoms. The lowest BCUT2D eigenvalue weighted by Crippen LogP contribution is -2.07. The molecule has 0 aliphatic rings. The highest BCUT2D eigenvalue weighted by atomic mass is 16.5. The summed E-state index contributed by atoms with van der Waals surface area (Å²) in [6.07, 6.45) is 2.52. The Morgan fingerprint density at radius 3 is 2.78 bits per heavy atom. The van der Waals surface area contributed by atoms with Crippen molar-refractivity contribution in [1.29, 1.82) is 0 Å². The van der Waals surface area contributed by atoms with Crippen molar-refractivity contribution in [3.63, 3.8) is 0 Å². The van der Waals surface area contributed by atoms with E-state index in [-0.39, 0.29) is 5.56 Å². The monoisotopic (exact) mass is 245 g/mol. The van der Waals surface area contributed by atoms with Gasteiger partial charge in [0, 0.05) is 0 Å². The predicted molar refractivity (Wildman–Crippen MR) is 64.3 cm³/mol. The second-order valence-corrected chi connectivity index (χ2v) is 3.43. The van der Waals surface area contributed by atoms with E-state index >= 15 is 0 Å². The molecule has 1 aromatic heterocycles. The van der Waals surface area contributed by atoms with Gasteiger partial charge in [0.15, 0.2) is 0 Å². The summed E-state index contributed by atoms with van der Waals surface area (Å²) in [6, 6.07) is 9.20. The molecular formula is C12H11N3O3. The molecule has 1 aromatic carbocycles. The summed E-state index contributed by atoms with van der Waals surface area (Å²) in [5.74, 6) is -0.535. The standard InChI is InChI=1S/C12H11N3O3/c1-18-12(16)10-7-13-15(11(10)8-14-17)9-5-3-2-4-6-9/h2-8,17H,1H3/b14-8+. The molecule has 0 bridgehead atoms. The Bertz CT molecular complexity index is 576. The van der Waals surface area contributed by atoms with Crippen LogP contribution < -0.4 is 0 Å². The minimum atomic E-state index is -0.535. The van der Waals surface area contributed by atoms with Crippen LogP contribution in [0.1, 0.15) is 16.1 Å². The van der Waals surface area contributed by atoms with E-state index < -0.39 is 5.97 Å². The smallest absolute Gasteiger partial charge is 0.341 e. The molecule has 1 heterocycles. The van der Waals surface area contributed by atoms with E-state index in [1.165, 1.54) is 18.0 Å². The largest absolute Gasteiger partial charge is 0.465 e. The summed E-state index contributed by atoms with van der Waals surface area (Å²) in [5.41, 5.74) is 1.34. The van der Waals surface area contributed by atoms with Gasteiger partial charge >= 0.3 is 5.97 Å². The van der Waals surface area contributed by atoms with Gasteiger partial charge in [-0.2, -0.15) is 5.10 Å². The van der Waals surface area contributed by atoms with Gasteiger partial charge in [0.1, 0.15) is 11.3 Å². The number of carbonyl (C=O) groups is 1. The third kappa shape index (κ3) is 2.08. The quantitative estimate of drug-likeness (QED) is 0.384. The molecule has 0 aliphatic carbocycles. The Morgan fingerprint density at radius 2 is 2.17 bits per heavy atom. The van der Waals surface area contributed by atoms with Crippen molar-refractivity contribution in [3.05, 3.63) is 47.8 Å². The molecule has 0 amide bonds. The number of carbonyl (C=O) groups excluding carboxylic acids is 1. The van der Waals surface area contributed by atoms with E-state index in [2.05, 4.69) is 15.0 Å². The number of esters is 1. The van der Waals surface area contributed by atoms with E-state index in [0.29, 0.717) is 5.69 Å². The number of ether oxygens (including phenoxy) is 1. The molecule has 0 saturated carbocycles. The lowest BCUT2D eigenvalue weighted by atomic mass is 10.2. The van der Waals surface area contributed by atoms with Crippen LogP contribution in [-0.4, -0.2) is 34.3 Å². The first-order valence-electron chi connectivity index (χ1n) is 5.17. The zero-order valence-electron chi connectivity index (χ0n) is 9.65. The maximum absolute atomic E-state index is 11.5. The summed E-state index contributed by atoms with van der Waals surface area (Å²) in [5, 5.41) is 15.7. The van der Waals surface area contributed by atoms with E-state index in [1.54, 1.807) is 0 Å². The highest BCUT2D eigenvalue weighted by molar-refractivity contribution is 5.98. The Morgan fingerprint density at radius 1 is 1.44 bits per heavy atom. The Kier molecular flexibility index (Phi) is 3.38. The van der Waals surface area contributed by atoms with E-state index in [0.717, 1.165) is 11.9 Å². The van der Waals surface area contributed by atoms with Gasteiger partial charge in [-0.3, -0.25) is 0 Å². The molecule has 2 aromatic rings. The van der Waals surface area contributed by atoms with E-state index in [1.807, 2.05) is 30.3 Å². The highest BCUT2D eigenvalue weighted by Crippen LogP contribution is 2.14. The molecule has 6 heteroatoms. The van der Waals surface area contributed by atoms with Crippen molar-refractivity contribution in [3.8, 4) is 5.69 Å². The number of benzene rings is 1. The number of nitrogens with zero attached hydrogens (tertiary/aromatic N) is 3. The van der Waals surface area contributed by atoms with Gasteiger partial charge in [-0.1, -0.05) is 23.4 Å². The first-order chi connectivity index (χ1) is 8.77. The normalized spacial score (nSPS) is 10.7. The SMILES string of the molecule is COC(=O)c1cnn(-c2ccccc2)c1/C=N/O. The van der Waals surface area contributed by atoms with Gasteiger partial charge in [-0.05, 0) is 12.1 Å². The van der Waals surface area contributed by atoms with Gasteiger partial charge in [0.05, 0.1) is 25.2 Å². The van der Waals surface area contributed by atoms with Crippen LogP contribution in [0.15, 0.2) is 41.7 Å². The van der Waals surface area contributed by atoms with Gasteiger partial charge in [0.2, 0.25) is 0 Å². The molecule has 0 fully saturated rings. The minimum absolute atomic E-state index is 0.235. The molecule has 92 valence electrons. The Balaban J connectivity index is 2.56. The topological polar surface area (TPSA) is 76.7 Å². The zero-order chi connectivity index (χ0) is 13.0. The second kappa shape index (κ2) is 5.13. The molecule has 6 nitrogen and oxygen atoms in total. The molecule has 1 N–H and O–H groups in total. The third-order valence-electron chi connectivity index (χ3n) is 2.39. The predicted octanol–water partition coefficient (Wildman–Crippen LogP) is 1.47. The molecule has 0 radical (unpaired) electrons. The van der Waals surface area contributed by atoms with Gasteiger partial charge < -0.3 is 9.94 Å². The average Bonchev–Trinajstić information content (AvgIpc) is 2.83. The van der Waals surface area contributed by atoms with E-state index in [4.69, 9.17) is 5.21 Å². The highest BCUT2D eigenvalue weighted by Gasteiger charge is 2.17. The second-order valence-electron chi connectivity index (χ2n) is 3.43. The summed E-state index contributed by atoms with van der Waals surface area (Å²) in [4.78, 5) is 11.5. The van der Waals surface area contributed by atoms with Crippen LogP contribution in [0.2, 0.25) is 0 Å². The van der Waals surface area contributed by atoms with Crippen LogP contribution >= 0.6 is 0 Å². The third-order valence-corrected chi connectivity index (χ3v) is 2.39. The fourth-order valence-corrected chi connectivity index (χ4v) is 1.58. The van der Waals surface area contributed by atoms with Crippen molar-refractivity contribution >= 4 is 12.2 Å². The molecule has 2 rings (SSSR count). The number of rotatable bonds is 3. The number of methoxy groups -OCH3 is 1. The van der Waals surface area contributed by atoms with Crippen LogP contribution in [-0.2, 0) is 4.74 Å². The van der Waals surface area contributed by atoms with Crippen molar-refractivity contribution in [2.24, 2.45) is 5.16 Å². The molecule has 0 atom stereocenters. The summed E-state index contributed by atoms with van der Waals surface area (Å²) < 4.78 is 6.13. The minimum Gasteiger partial charge on any atom is -0.465 e. The number of oxime groups is 1. The number of hydrogen-bond acceptors (Lipinski definition) is 5. The zero-order valence-corrected chi connectivity index (χ0v) is 9.65. The fourth-order valence-electron chi connectivity index (χ4n) is 1.58. The van der Waals surface area contributed by atoms with Crippen LogP contribution in [0.25, 0.3) is 5.69 Å². The molecule has 0 unspecified atom stereocenters. The molecule has 0 aliphatic heterocycles. The van der Waals surface area contributed by atoms with E-state index in [9.17, 15) is 4.79 Å². The fraction of sp³-hybridized carbons (Fsp3) is 0.0833. The van der Waals surface area contributed by atoms with Crippen molar-refractivity contribution in [1.82, 2.24) is 9.78 Å². The summed E-state index contributed by atoms with van der Waals surface area (Å²) >= 11 is 0. The molecule has 0 saturated heterocycles. The van der Waals surface area contributed by atoms with Crippen LogP contribution in [0.3, 0.4) is 0 Å². The average molecular weight is 245 g/mol. The van der Waals surface area contributed by atoms with Crippen molar-refractivity contribution < 1.29 is 14.7 Å². The number of para-hydroxylation sites is 1. The Labute approximate surface area is 103 Å². The molecular weight excluding hydrogens is 234 g/mol. The van der Waals surface area contributed by atoms with Crippen molar-refractivity contribution in [2.45, 2.75) is 0 Å². The van der Waals surface area contributed by atoms with Crippen molar-refractivity contribution in [2.75, 3.05) is 7.11 Å². The number of hydrogen-bond donors (Lipinski definition) is 1.